The molecule has 1 aromatic rings. The summed E-state index contributed by atoms with van der Waals surface area (Å²) >= 11 is 0. The van der Waals surface area contributed by atoms with Crippen molar-refractivity contribution in [2.75, 3.05) is 33.9 Å². The van der Waals surface area contributed by atoms with Gasteiger partial charge in [-0.25, -0.2) is 4.99 Å². The van der Waals surface area contributed by atoms with E-state index in [-0.39, 0.29) is 0 Å². The highest BCUT2D eigenvalue weighted by Crippen LogP contribution is 2.40. The van der Waals surface area contributed by atoms with Crippen molar-refractivity contribution in [1.82, 2.24) is 10.6 Å². The molecule has 146 valence electrons. The van der Waals surface area contributed by atoms with Gasteiger partial charge in [-0.3, -0.25) is 0 Å². The molecule has 5 heteroatoms. The molecule has 1 saturated carbocycles. The molecule has 1 aromatic carbocycles. The number of hydrogen-bond donors (Lipinski definition) is 2. The molecule has 1 aliphatic rings. The summed E-state index contributed by atoms with van der Waals surface area (Å²) in [6.07, 6.45) is 6.31. The van der Waals surface area contributed by atoms with Crippen molar-refractivity contribution in [2.45, 2.75) is 52.5 Å². The van der Waals surface area contributed by atoms with Crippen LogP contribution in [0.2, 0.25) is 0 Å². The van der Waals surface area contributed by atoms with Crippen LogP contribution in [0.3, 0.4) is 0 Å². The SMILES string of the molecule is CCNC(=NCc1ccc(C)c(OC)c1)NCC1(CCOC)CCCC1. The van der Waals surface area contributed by atoms with E-state index in [0.29, 0.717) is 12.0 Å². The number of methoxy groups -OCH3 is 2. The highest BCUT2D eigenvalue weighted by molar-refractivity contribution is 5.79. The maximum Gasteiger partial charge on any atom is 0.191 e. The van der Waals surface area contributed by atoms with Gasteiger partial charge >= 0.3 is 0 Å². The van der Waals surface area contributed by atoms with Crippen molar-refractivity contribution < 1.29 is 9.47 Å². The first-order chi connectivity index (χ1) is 12.6. The molecule has 2 N–H and O–H groups in total. The molecule has 0 aromatic heterocycles. The molecule has 0 radical (unpaired) electrons. The van der Waals surface area contributed by atoms with E-state index in [1.807, 2.05) is 0 Å². The van der Waals surface area contributed by atoms with Crippen LogP contribution in [0.15, 0.2) is 23.2 Å². The molecule has 0 spiro atoms. The molecular formula is C21H35N3O2. The summed E-state index contributed by atoms with van der Waals surface area (Å²) in [5.41, 5.74) is 2.64. The Morgan fingerprint density at radius 1 is 1.19 bits per heavy atom. The van der Waals surface area contributed by atoms with Crippen molar-refractivity contribution >= 4 is 5.96 Å². The molecule has 0 atom stereocenters. The number of ether oxygens (including phenoxy) is 2. The van der Waals surface area contributed by atoms with Crippen LogP contribution in [0.1, 0.15) is 50.2 Å². The van der Waals surface area contributed by atoms with E-state index in [4.69, 9.17) is 14.5 Å². The first kappa shape index (κ1) is 20.6. The van der Waals surface area contributed by atoms with E-state index >= 15 is 0 Å². The Balaban J connectivity index is 1.99. The summed E-state index contributed by atoms with van der Waals surface area (Å²) in [6.45, 7) is 7.43. The average Bonchev–Trinajstić information content (AvgIpc) is 3.12. The predicted octanol–water partition coefficient (Wildman–Crippen LogP) is 3.66. The third kappa shape index (κ3) is 5.90. The molecule has 5 nitrogen and oxygen atoms in total. The lowest BCUT2D eigenvalue weighted by Gasteiger charge is -2.30. The van der Waals surface area contributed by atoms with Crippen LogP contribution in [0, 0.1) is 12.3 Å². The molecule has 1 fully saturated rings. The van der Waals surface area contributed by atoms with Crippen molar-refractivity contribution in [3.63, 3.8) is 0 Å². The minimum atomic E-state index is 0.347. The van der Waals surface area contributed by atoms with Gasteiger partial charge in [-0.1, -0.05) is 25.0 Å². The van der Waals surface area contributed by atoms with Gasteiger partial charge in [-0.15, -0.1) is 0 Å². The number of nitrogens with one attached hydrogen (secondary N) is 2. The average molecular weight is 362 g/mol. The second-order valence-electron chi connectivity index (χ2n) is 7.30. The van der Waals surface area contributed by atoms with Crippen molar-refractivity contribution in [3.8, 4) is 5.75 Å². The Hall–Kier alpha value is -1.75. The number of hydrogen-bond acceptors (Lipinski definition) is 3. The number of nitrogens with zero attached hydrogens (tertiary/aromatic N) is 1. The van der Waals surface area contributed by atoms with E-state index in [1.165, 1.54) is 25.7 Å². The molecule has 0 saturated heterocycles. The van der Waals surface area contributed by atoms with Gasteiger partial charge in [-0.2, -0.15) is 0 Å². The monoisotopic (exact) mass is 361 g/mol. The minimum absolute atomic E-state index is 0.347. The van der Waals surface area contributed by atoms with Gasteiger partial charge in [0, 0.05) is 26.8 Å². The molecule has 1 aliphatic carbocycles. The Bertz CT molecular complexity index is 581. The molecule has 0 heterocycles. The number of guanidine groups is 1. The van der Waals surface area contributed by atoms with E-state index in [9.17, 15) is 0 Å². The zero-order valence-electron chi connectivity index (χ0n) is 16.9. The second-order valence-corrected chi connectivity index (χ2v) is 7.30. The van der Waals surface area contributed by atoms with Gasteiger partial charge in [0.2, 0.25) is 0 Å². The topological polar surface area (TPSA) is 54.9 Å². The summed E-state index contributed by atoms with van der Waals surface area (Å²) in [5.74, 6) is 1.80. The van der Waals surface area contributed by atoms with Crippen LogP contribution >= 0.6 is 0 Å². The molecule has 0 amide bonds. The van der Waals surface area contributed by atoms with Gasteiger partial charge in [0.25, 0.3) is 0 Å². The van der Waals surface area contributed by atoms with Crippen LogP contribution < -0.4 is 15.4 Å². The van der Waals surface area contributed by atoms with Crippen LogP contribution in [-0.2, 0) is 11.3 Å². The lowest BCUT2D eigenvalue weighted by atomic mass is 9.83. The van der Waals surface area contributed by atoms with Gasteiger partial charge in [0.15, 0.2) is 5.96 Å². The molecule has 2 rings (SSSR count). The Morgan fingerprint density at radius 3 is 2.62 bits per heavy atom. The Morgan fingerprint density at radius 2 is 1.96 bits per heavy atom. The third-order valence-corrected chi connectivity index (χ3v) is 5.37. The fraction of sp³-hybridized carbons (Fsp3) is 0.667. The minimum Gasteiger partial charge on any atom is -0.496 e. The number of aliphatic imine (C=N–C) groups is 1. The quantitative estimate of drug-likeness (QED) is 0.521. The molecular weight excluding hydrogens is 326 g/mol. The van der Waals surface area contributed by atoms with E-state index in [2.05, 4.69) is 42.7 Å². The molecule has 26 heavy (non-hydrogen) atoms. The zero-order chi connectivity index (χ0) is 18.8. The van der Waals surface area contributed by atoms with Crippen molar-refractivity contribution in [2.24, 2.45) is 10.4 Å². The van der Waals surface area contributed by atoms with Crippen LogP contribution in [0.4, 0.5) is 0 Å². The summed E-state index contributed by atoms with van der Waals surface area (Å²) in [4.78, 5) is 4.77. The van der Waals surface area contributed by atoms with Crippen molar-refractivity contribution in [3.05, 3.63) is 29.3 Å². The van der Waals surface area contributed by atoms with E-state index in [0.717, 1.165) is 49.0 Å². The third-order valence-electron chi connectivity index (χ3n) is 5.37. The Kier molecular flexibility index (Phi) is 8.23. The first-order valence-electron chi connectivity index (χ1n) is 9.77. The van der Waals surface area contributed by atoms with Gasteiger partial charge in [0.1, 0.15) is 5.75 Å². The molecule has 0 bridgehead atoms. The largest absolute Gasteiger partial charge is 0.496 e. The summed E-state index contributed by atoms with van der Waals surface area (Å²) < 4.78 is 10.7. The zero-order valence-corrected chi connectivity index (χ0v) is 16.9. The lowest BCUT2D eigenvalue weighted by molar-refractivity contribution is 0.138. The van der Waals surface area contributed by atoms with Gasteiger partial charge in [0.05, 0.1) is 13.7 Å². The number of rotatable bonds is 9. The van der Waals surface area contributed by atoms with Crippen LogP contribution in [0.25, 0.3) is 0 Å². The molecule has 0 aliphatic heterocycles. The standard InChI is InChI=1S/C21H35N3O2/c1-5-22-20(23-15-18-9-8-17(2)19(14-18)26-4)24-16-21(12-13-25-3)10-6-7-11-21/h8-9,14H,5-7,10-13,15-16H2,1-4H3,(H2,22,23,24). The van der Waals surface area contributed by atoms with Crippen LogP contribution in [0.5, 0.6) is 5.75 Å². The predicted molar refractivity (Wildman–Crippen MR) is 108 cm³/mol. The van der Waals surface area contributed by atoms with Gasteiger partial charge in [-0.05, 0) is 55.7 Å². The maximum atomic E-state index is 5.41. The summed E-state index contributed by atoms with van der Waals surface area (Å²) in [7, 11) is 3.50. The second kappa shape index (κ2) is 10.4. The van der Waals surface area contributed by atoms with Crippen molar-refractivity contribution in [1.29, 1.82) is 0 Å². The fourth-order valence-corrected chi connectivity index (χ4v) is 3.70. The highest BCUT2D eigenvalue weighted by Gasteiger charge is 2.33. The first-order valence-corrected chi connectivity index (χ1v) is 9.77. The van der Waals surface area contributed by atoms with E-state index < -0.39 is 0 Å². The fourth-order valence-electron chi connectivity index (χ4n) is 3.70. The Labute approximate surface area is 158 Å². The molecule has 0 unspecified atom stereocenters. The summed E-state index contributed by atoms with van der Waals surface area (Å²) in [6, 6.07) is 6.27. The number of benzene rings is 1. The maximum absolute atomic E-state index is 5.41. The lowest BCUT2D eigenvalue weighted by Crippen LogP contribution is -2.43. The van der Waals surface area contributed by atoms with Crippen LogP contribution in [-0.4, -0.2) is 39.9 Å². The van der Waals surface area contributed by atoms with E-state index in [1.54, 1.807) is 14.2 Å². The summed E-state index contributed by atoms with van der Waals surface area (Å²) in [5, 5.41) is 6.94. The van der Waals surface area contributed by atoms with Gasteiger partial charge < -0.3 is 20.1 Å². The highest BCUT2D eigenvalue weighted by atomic mass is 16.5. The number of aryl methyl sites for hydroxylation is 1. The smallest absolute Gasteiger partial charge is 0.191 e. The normalized spacial score (nSPS) is 16.5.